The van der Waals surface area contributed by atoms with Crippen LogP contribution in [0.3, 0.4) is 0 Å². The van der Waals surface area contributed by atoms with E-state index in [4.69, 9.17) is 14.2 Å². The van der Waals surface area contributed by atoms with Gasteiger partial charge in [0, 0.05) is 37.1 Å². The molecule has 0 amide bonds. The molecule has 0 aromatic carbocycles. The summed E-state index contributed by atoms with van der Waals surface area (Å²) in [5.74, 6) is -0.540. The van der Waals surface area contributed by atoms with Gasteiger partial charge in [0.05, 0.1) is 12.7 Å². The maximum absolute atomic E-state index is 11.6. The number of hydrogen-bond acceptors (Lipinski definition) is 7. The monoisotopic (exact) mass is 346 g/mol. The topological polar surface area (TPSA) is 68.8 Å². The van der Waals surface area contributed by atoms with Crippen molar-refractivity contribution >= 4 is 18.6 Å². The number of nitrogens with one attached hydrogen (secondary N) is 2. The third kappa shape index (κ3) is 5.60. The third-order valence-electron chi connectivity index (χ3n) is 4.32. The van der Waals surface area contributed by atoms with E-state index in [1.165, 1.54) is 0 Å². The van der Waals surface area contributed by atoms with E-state index in [2.05, 4.69) is 37.1 Å². The summed E-state index contributed by atoms with van der Waals surface area (Å²) in [6.07, 6.45) is 2.81. The molecule has 2 heterocycles. The minimum Gasteiger partial charge on any atom is -0.408 e. The van der Waals surface area contributed by atoms with Crippen LogP contribution in [0, 0.1) is 5.41 Å². The largest absolute Gasteiger partial charge is 0.408 e. The molecule has 2 aliphatic rings. The van der Waals surface area contributed by atoms with Crippen LogP contribution in [0.1, 0.15) is 39.5 Å². The molecule has 2 saturated heterocycles. The number of rotatable bonds is 8. The second kappa shape index (κ2) is 8.67. The van der Waals surface area contributed by atoms with Crippen LogP contribution in [0.5, 0.6) is 0 Å². The molecule has 0 radical (unpaired) electrons. The Kier molecular flexibility index (Phi) is 7.16. The van der Waals surface area contributed by atoms with E-state index in [0.29, 0.717) is 19.4 Å². The highest BCUT2D eigenvalue weighted by molar-refractivity contribution is 7.80. The van der Waals surface area contributed by atoms with E-state index < -0.39 is 5.97 Å². The Hall–Kier alpha value is -0.340. The average molecular weight is 346 g/mol. The van der Waals surface area contributed by atoms with Crippen molar-refractivity contribution in [3.63, 3.8) is 0 Å². The molecule has 0 saturated carbocycles. The lowest BCUT2D eigenvalue weighted by Gasteiger charge is -2.48. The fourth-order valence-corrected chi connectivity index (χ4v) is 2.96. The van der Waals surface area contributed by atoms with Crippen molar-refractivity contribution in [3.05, 3.63) is 0 Å². The molecule has 1 unspecified atom stereocenters. The summed E-state index contributed by atoms with van der Waals surface area (Å²) in [4.78, 5) is 11.6. The van der Waals surface area contributed by atoms with Gasteiger partial charge in [0.1, 0.15) is 0 Å². The number of thiol groups is 1. The molecule has 6 nitrogen and oxygen atoms in total. The molecular formula is C16H30N2O4S. The summed E-state index contributed by atoms with van der Waals surface area (Å²) in [5.41, 5.74) is -0.119. The molecule has 0 aromatic rings. The molecule has 0 aromatic heterocycles. The predicted octanol–water partition coefficient (Wildman–Crippen LogP) is 1.31. The van der Waals surface area contributed by atoms with Gasteiger partial charge in [0.2, 0.25) is 0 Å². The van der Waals surface area contributed by atoms with Crippen LogP contribution in [-0.4, -0.2) is 56.6 Å². The van der Waals surface area contributed by atoms with E-state index in [1.807, 2.05) is 0 Å². The van der Waals surface area contributed by atoms with E-state index in [-0.39, 0.29) is 17.5 Å². The van der Waals surface area contributed by atoms with Crippen molar-refractivity contribution in [2.75, 3.05) is 38.5 Å². The highest BCUT2D eigenvalue weighted by atomic mass is 32.1. The van der Waals surface area contributed by atoms with Crippen LogP contribution in [0.4, 0.5) is 0 Å². The number of ether oxygens (including phenoxy) is 3. The molecule has 2 atom stereocenters. The highest BCUT2D eigenvalue weighted by Crippen LogP contribution is 2.40. The molecule has 2 fully saturated rings. The molecule has 23 heavy (non-hydrogen) atoms. The molecule has 2 N–H and O–H groups in total. The quantitative estimate of drug-likeness (QED) is 0.350. The van der Waals surface area contributed by atoms with Gasteiger partial charge in [-0.25, -0.2) is 0 Å². The van der Waals surface area contributed by atoms with E-state index in [0.717, 1.165) is 44.8 Å². The van der Waals surface area contributed by atoms with Gasteiger partial charge in [-0.2, -0.15) is 12.6 Å². The smallest absolute Gasteiger partial charge is 0.329 e. The van der Waals surface area contributed by atoms with Gasteiger partial charge in [-0.15, -0.1) is 0 Å². The molecular weight excluding hydrogens is 316 g/mol. The van der Waals surface area contributed by atoms with Crippen molar-refractivity contribution in [1.82, 2.24) is 10.6 Å². The number of carbonyl (C=O) groups is 1. The first-order valence-corrected chi connectivity index (χ1v) is 9.17. The summed E-state index contributed by atoms with van der Waals surface area (Å²) in [6.45, 7) is 8.32. The minimum absolute atomic E-state index is 0.0486. The van der Waals surface area contributed by atoms with Crippen LogP contribution in [0.2, 0.25) is 0 Å². The Balaban J connectivity index is 1.77. The highest BCUT2D eigenvalue weighted by Gasteiger charge is 2.50. The summed E-state index contributed by atoms with van der Waals surface area (Å²) >= 11 is 4.16. The molecule has 7 heteroatoms. The Morgan fingerprint density at radius 3 is 2.78 bits per heavy atom. The Labute approximate surface area is 144 Å². The van der Waals surface area contributed by atoms with Gasteiger partial charge in [-0.05, 0) is 25.9 Å². The van der Waals surface area contributed by atoms with Gasteiger partial charge in [-0.3, -0.25) is 4.79 Å². The fourth-order valence-electron chi connectivity index (χ4n) is 2.80. The first kappa shape index (κ1) is 19.0. The van der Waals surface area contributed by atoms with Gasteiger partial charge in [-0.1, -0.05) is 13.8 Å². The van der Waals surface area contributed by atoms with Crippen molar-refractivity contribution in [2.24, 2.45) is 5.41 Å². The van der Waals surface area contributed by atoms with Crippen molar-refractivity contribution < 1.29 is 19.0 Å². The van der Waals surface area contributed by atoms with Gasteiger partial charge < -0.3 is 24.8 Å². The second-order valence-corrected chi connectivity index (χ2v) is 7.37. The second-order valence-electron chi connectivity index (χ2n) is 6.93. The molecule has 134 valence electrons. The first-order chi connectivity index (χ1) is 11.0. The predicted molar refractivity (Wildman–Crippen MR) is 91.5 cm³/mol. The minimum atomic E-state index is -1.16. The van der Waals surface area contributed by atoms with Crippen LogP contribution >= 0.6 is 12.6 Å². The molecule has 1 spiro atoms. The Morgan fingerprint density at radius 2 is 2.04 bits per heavy atom. The summed E-state index contributed by atoms with van der Waals surface area (Å²) < 4.78 is 17.3. The van der Waals surface area contributed by atoms with E-state index >= 15 is 0 Å². The molecule has 0 bridgehead atoms. The normalized spacial score (nSPS) is 30.4. The Morgan fingerprint density at radius 1 is 1.26 bits per heavy atom. The van der Waals surface area contributed by atoms with Crippen LogP contribution < -0.4 is 10.6 Å². The number of esters is 1. The van der Waals surface area contributed by atoms with Crippen molar-refractivity contribution in [1.29, 1.82) is 0 Å². The third-order valence-corrected chi connectivity index (χ3v) is 4.54. The molecule has 2 aliphatic heterocycles. The zero-order valence-corrected chi connectivity index (χ0v) is 15.1. The van der Waals surface area contributed by atoms with Crippen molar-refractivity contribution in [2.45, 2.75) is 51.6 Å². The lowest BCUT2D eigenvalue weighted by atomic mass is 9.86. The lowest BCUT2D eigenvalue weighted by molar-refractivity contribution is -0.427. The Bertz CT molecular complexity index is 394. The van der Waals surface area contributed by atoms with Gasteiger partial charge >= 0.3 is 11.9 Å². The molecule has 0 aliphatic carbocycles. The first-order valence-electron chi connectivity index (χ1n) is 8.53. The summed E-state index contributed by atoms with van der Waals surface area (Å²) in [6, 6.07) is 0. The van der Waals surface area contributed by atoms with Gasteiger partial charge in [0.15, 0.2) is 0 Å². The van der Waals surface area contributed by atoms with Gasteiger partial charge in [0.25, 0.3) is 0 Å². The number of hydrogen-bond donors (Lipinski definition) is 3. The summed E-state index contributed by atoms with van der Waals surface area (Å²) in [7, 11) is 0. The fraction of sp³-hybridized carbons (Fsp3) is 0.938. The van der Waals surface area contributed by atoms with Crippen molar-refractivity contribution in [3.8, 4) is 0 Å². The maximum Gasteiger partial charge on any atom is 0.329 e. The standard InChI is InChI=1S/C16H30N2O4S/c1-15(2)12-20-16(6-3-5-14(19)22-16)21-13(15)11-18-8-4-7-17-9-10-23/h13,17-18,23H,3-12H2,1-2H3/t13-,16?/m0/s1. The van der Waals surface area contributed by atoms with Crippen LogP contribution in [-0.2, 0) is 19.0 Å². The van der Waals surface area contributed by atoms with Crippen LogP contribution in [0.25, 0.3) is 0 Å². The zero-order valence-electron chi connectivity index (χ0n) is 14.2. The average Bonchev–Trinajstić information content (AvgIpc) is 2.50. The van der Waals surface area contributed by atoms with E-state index in [1.54, 1.807) is 0 Å². The van der Waals surface area contributed by atoms with E-state index in [9.17, 15) is 4.79 Å². The summed E-state index contributed by atoms with van der Waals surface area (Å²) in [5, 5.41) is 6.76. The lowest BCUT2D eigenvalue weighted by Crippen LogP contribution is -2.58. The van der Waals surface area contributed by atoms with Crippen LogP contribution in [0.15, 0.2) is 0 Å². The zero-order chi connectivity index (χ0) is 16.8. The number of carbonyl (C=O) groups excluding carboxylic acids is 1. The molecule has 2 rings (SSSR count). The maximum atomic E-state index is 11.6. The SMILES string of the molecule is CC1(C)COC2(CCCC(=O)O2)O[C@H]1CNCCCNCCS.